The minimum Gasteiger partial charge on any atom is -0.329 e. The first kappa shape index (κ1) is 15.0. The monoisotopic (exact) mass is 288 g/mol. The van der Waals surface area contributed by atoms with Crippen LogP contribution in [-0.4, -0.2) is 48.2 Å². The topological polar surface area (TPSA) is 44.5 Å². The highest BCUT2D eigenvalue weighted by Crippen LogP contribution is 2.23. The Hall–Kier alpha value is -0.940. The van der Waals surface area contributed by atoms with Crippen LogP contribution in [0.1, 0.15) is 31.2 Å². The van der Waals surface area contributed by atoms with E-state index >= 15 is 0 Å². The van der Waals surface area contributed by atoms with Gasteiger partial charge in [0.1, 0.15) is 0 Å². The van der Waals surface area contributed by atoms with Gasteiger partial charge in [-0.3, -0.25) is 4.90 Å². The minimum absolute atomic E-state index is 0.0755. The standard InChI is InChI=1S/C17H28N4/c18-14-17(19-21-10-5-2-6-11-21)9-12-20(15-17)13-16-7-3-1-4-8-16/h1,3-4,7-8,19H,2,5-6,9-15,18H2. The van der Waals surface area contributed by atoms with Crippen LogP contribution in [0, 0.1) is 0 Å². The third-order valence-corrected chi connectivity index (χ3v) is 4.82. The third kappa shape index (κ3) is 3.83. The highest BCUT2D eigenvalue weighted by Gasteiger charge is 2.38. The first-order valence-corrected chi connectivity index (χ1v) is 8.29. The second-order valence-corrected chi connectivity index (χ2v) is 6.59. The van der Waals surface area contributed by atoms with Crippen LogP contribution in [0.3, 0.4) is 0 Å². The lowest BCUT2D eigenvalue weighted by Gasteiger charge is -2.38. The second-order valence-electron chi connectivity index (χ2n) is 6.59. The van der Waals surface area contributed by atoms with E-state index in [4.69, 9.17) is 5.73 Å². The maximum Gasteiger partial charge on any atom is 0.0586 e. The summed E-state index contributed by atoms with van der Waals surface area (Å²) in [6, 6.07) is 10.7. The van der Waals surface area contributed by atoms with Gasteiger partial charge in [0, 0.05) is 39.3 Å². The molecule has 2 aliphatic rings. The van der Waals surface area contributed by atoms with Crippen molar-refractivity contribution in [3.8, 4) is 0 Å². The van der Waals surface area contributed by atoms with Crippen molar-refractivity contribution < 1.29 is 0 Å². The molecule has 0 saturated carbocycles. The number of hydrogen-bond donors (Lipinski definition) is 2. The molecule has 0 spiro atoms. The zero-order valence-electron chi connectivity index (χ0n) is 12.9. The molecule has 0 amide bonds. The zero-order valence-corrected chi connectivity index (χ0v) is 12.9. The Labute approximate surface area is 128 Å². The Bertz CT molecular complexity index is 430. The lowest BCUT2D eigenvalue weighted by molar-refractivity contribution is 0.0850. The summed E-state index contributed by atoms with van der Waals surface area (Å²) in [6.07, 6.45) is 5.13. The molecular formula is C17H28N4. The minimum atomic E-state index is 0.0755. The maximum atomic E-state index is 6.13. The molecule has 0 aromatic heterocycles. The van der Waals surface area contributed by atoms with E-state index in [2.05, 4.69) is 45.7 Å². The van der Waals surface area contributed by atoms with E-state index in [0.717, 1.165) is 32.6 Å². The number of nitrogens with one attached hydrogen (secondary N) is 1. The fourth-order valence-electron chi connectivity index (χ4n) is 3.58. The molecule has 1 unspecified atom stereocenters. The molecule has 0 bridgehead atoms. The normalized spacial score (nSPS) is 28.0. The molecule has 1 atom stereocenters. The van der Waals surface area contributed by atoms with E-state index in [0.29, 0.717) is 0 Å². The van der Waals surface area contributed by atoms with Gasteiger partial charge in [0.2, 0.25) is 0 Å². The average Bonchev–Trinajstić information content (AvgIpc) is 2.93. The van der Waals surface area contributed by atoms with Crippen molar-refractivity contribution in [2.24, 2.45) is 5.73 Å². The Kier molecular flexibility index (Phi) is 4.91. The van der Waals surface area contributed by atoms with Crippen LogP contribution in [0.5, 0.6) is 0 Å². The van der Waals surface area contributed by atoms with Gasteiger partial charge in [-0.05, 0) is 24.8 Å². The summed E-state index contributed by atoms with van der Waals surface area (Å²) in [5, 5.41) is 2.41. The fraction of sp³-hybridized carbons (Fsp3) is 0.647. The van der Waals surface area contributed by atoms with Gasteiger partial charge in [-0.1, -0.05) is 36.8 Å². The van der Waals surface area contributed by atoms with E-state index < -0.39 is 0 Å². The summed E-state index contributed by atoms with van der Waals surface area (Å²) in [4.78, 5) is 2.53. The number of likely N-dealkylation sites (tertiary alicyclic amines) is 1. The lowest BCUT2D eigenvalue weighted by atomic mass is 10.00. The molecule has 0 radical (unpaired) electrons. The van der Waals surface area contributed by atoms with Crippen molar-refractivity contribution in [3.05, 3.63) is 35.9 Å². The second kappa shape index (κ2) is 6.88. The third-order valence-electron chi connectivity index (χ3n) is 4.82. The van der Waals surface area contributed by atoms with Crippen LogP contribution in [0.2, 0.25) is 0 Å². The van der Waals surface area contributed by atoms with Crippen LogP contribution in [0.4, 0.5) is 0 Å². The number of rotatable bonds is 5. The van der Waals surface area contributed by atoms with Crippen molar-refractivity contribution in [1.29, 1.82) is 0 Å². The van der Waals surface area contributed by atoms with Gasteiger partial charge in [-0.25, -0.2) is 10.4 Å². The number of hydrazine groups is 1. The molecule has 2 saturated heterocycles. The van der Waals surface area contributed by atoms with Crippen molar-refractivity contribution >= 4 is 0 Å². The highest BCUT2D eigenvalue weighted by atomic mass is 15.5. The van der Waals surface area contributed by atoms with E-state index in [-0.39, 0.29) is 5.54 Å². The van der Waals surface area contributed by atoms with Crippen LogP contribution in [-0.2, 0) is 6.54 Å². The van der Waals surface area contributed by atoms with Crippen LogP contribution in [0.25, 0.3) is 0 Å². The van der Waals surface area contributed by atoms with E-state index in [9.17, 15) is 0 Å². The van der Waals surface area contributed by atoms with Gasteiger partial charge in [0.25, 0.3) is 0 Å². The van der Waals surface area contributed by atoms with Gasteiger partial charge in [0.15, 0.2) is 0 Å². The Balaban J connectivity index is 1.57. The van der Waals surface area contributed by atoms with Gasteiger partial charge >= 0.3 is 0 Å². The first-order valence-electron chi connectivity index (χ1n) is 8.29. The van der Waals surface area contributed by atoms with Crippen molar-refractivity contribution in [2.75, 3.05) is 32.7 Å². The molecule has 3 rings (SSSR count). The molecule has 2 aliphatic heterocycles. The molecule has 3 N–H and O–H groups in total. The summed E-state index contributed by atoms with van der Waals surface area (Å²) in [5.41, 5.74) is 11.4. The number of nitrogens with zero attached hydrogens (tertiary/aromatic N) is 2. The number of nitrogens with two attached hydrogens (primary N) is 1. The molecule has 2 heterocycles. The average molecular weight is 288 g/mol. The predicted octanol–water partition coefficient (Wildman–Crippen LogP) is 1.58. The quantitative estimate of drug-likeness (QED) is 0.863. The lowest BCUT2D eigenvalue weighted by Crippen LogP contribution is -2.60. The van der Waals surface area contributed by atoms with Gasteiger partial charge < -0.3 is 5.73 Å². The Morgan fingerprint density at radius 3 is 2.52 bits per heavy atom. The van der Waals surface area contributed by atoms with E-state index in [1.807, 2.05) is 0 Å². The molecule has 116 valence electrons. The first-order chi connectivity index (χ1) is 10.3. The zero-order chi connectivity index (χ0) is 14.5. The van der Waals surface area contributed by atoms with Crippen molar-refractivity contribution in [3.63, 3.8) is 0 Å². The van der Waals surface area contributed by atoms with Crippen molar-refractivity contribution in [1.82, 2.24) is 15.3 Å². The van der Waals surface area contributed by atoms with Crippen LogP contribution >= 0.6 is 0 Å². The maximum absolute atomic E-state index is 6.13. The summed E-state index contributed by atoms with van der Waals surface area (Å²) in [7, 11) is 0. The number of benzene rings is 1. The fourth-order valence-corrected chi connectivity index (χ4v) is 3.58. The predicted molar refractivity (Wildman–Crippen MR) is 86.7 cm³/mol. The molecule has 0 aliphatic carbocycles. The highest BCUT2D eigenvalue weighted by molar-refractivity contribution is 5.15. The van der Waals surface area contributed by atoms with Crippen molar-refractivity contribution in [2.45, 2.75) is 37.8 Å². The van der Waals surface area contributed by atoms with Crippen LogP contribution < -0.4 is 11.2 Å². The smallest absolute Gasteiger partial charge is 0.0586 e. The Morgan fingerprint density at radius 2 is 1.81 bits per heavy atom. The Morgan fingerprint density at radius 1 is 1.05 bits per heavy atom. The molecule has 1 aromatic rings. The molecular weight excluding hydrogens is 260 g/mol. The summed E-state index contributed by atoms with van der Waals surface area (Å²) < 4.78 is 0. The summed E-state index contributed by atoms with van der Waals surface area (Å²) in [5.74, 6) is 0. The van der Waals surface area contributed by atoms with Gasteiger partial charge in [-0.15, -0.1) is 0 Å². The SMILES string of the molecule is NCC1(NN2CCCCC2)CCN(Cc2ccccc2)C1. The summed E-state index contributed by atoms with van der Waals surface area (Å²) in [6.45, 7) is 6.27. The molecule has 1 aromatic carbocycles. The molecule has 4 nitrogen and oxygen atoms in total. The number of hydrogen-bond acceptors (Lipinski definition) is 4. The van der Waals surface area contributed by atoms with Gasteiger partial charge in [0.05, 0.1) is 5.54 Å². The number of piperidine rings is 1. The van der Waals surface area contributed by atoms with Crippen LogP contribution in [0.15, 0.2) is 30.3 Å². The molecule has 4 heteroatoms. The largest absolute Gasteiger partial charge is 0.329 e. The molecule has 21 heavy (non-hydrogen) atoms. The molecule has 2 fully saturated rings. The van der Waals surface area contributed by atoms with E-state index in [1.54, 1.807) is 0 Å². The van der Waals surface area contributed by atoms with Gasteiger partial charge in [-0.2, -0.15) is 0 Å². The summed E-state index contributed by atoms with van der Waals surface area (Å²) >= 11 is 0. The van der Waals surface area contributed by atoms with E-state index in [1.165, 1.54) is 37.9 Å².